The molecule has 0 aliphatic rings. The van der Waals surface area contributed by atoms with E-state index in [0.29, 0.717) is 34.6 Å². The number of benzene rings is 5. The number of phenolic OH excluding ortho intramolecular Hbond substituents is 1. The SMILES string of the molecule is Cc1ccc(C(C)C)c(O)c1.Cc1ccc(C(C)C)c(OPOCc2ccc([N+](=O)[O-])cc2OP(Oc2cc(C)ccc2C(C)C)Oc2cc(C)ccc2C(C)C)c1. The van der Waals surface area contributed by atoms with Gasteiger partial charge in [-0.15, -0.1) is 0 Å². The van der Waals surface area contributed by atoms with E-state index < -0.39 is 13.5 Å². The maximum absolute atomic E-state index is 11.8. The van der Waals surface area contributed by atoms with Gasteiger partial charge in [0, 0.05) is 11.6 Å². The van der Waals surface area contributed by atoms with Crippen LogP contribution in [0.15, 0.2) is 91.0 Å². The highest BCUT2D eigenvalue weighted by molar-refractivity contribution is 7.43. The van der Waals surface area contributed by atoms with Crippen LogP contribution < -0.4 is 18.1 Å². The topological polar surface area (TPSA) is 110 Å². The van der Waals surface area contributed by atoms with E-state index >= 15 is 0 Å². The molecule has 5 aromatic rings. The summed E-state index contributed by atoms with van der Waals surface area (Å²) in [7, 11) is -2.42. The first-order valence-corrected chi connectivity index (χ1v) is 21.6. The maximum atomic E-state index is 11.8. The average Bonchev–Trinajstić information content (AvgIpc) is 3.13. The molecule has 5 aromatic carbocycles. The minimum Gasteiger partial charge on any atom is -0.508 e. The molecule has 5 rings (SSSR count). The second-order valence-electron chi connectivity index (χ2n) is 15.8. The highest BCUT2D eigenvalue weighted by Crippen LogP contribution is 2.48. The Hall–Kier alpha value is -4.68. The Labute approximate surface area is 348 Å². The first kappa shape index (κ1) is 46.0. The number of hydrogen-bond donors (Lipinski definition) is 1. The third-order valence-electron chi connectivity index (χ3n) is 9.40. The summed E-state index contributed by atoms with van der Waals surface area (Å²) in [6, 6.07) is 28.5. The van der Waals surface area contributed by atoms with Crippen molar-refractivity contribution in [2.24, 2.45) is 0 Å². The lowest BCUT2D eigenvalue weighted by Gasteiger charge is -2.23. The molecule has 58 heavy (non-hydrogen) atoms. The van der Waals surface area contributed by atoms with Crippen molar-refractivity contribution in [3.05, 3.63) is 151 Å². The molecule has 1 N–H and O–H groups in total. The second kappa shape index (κ2) is 21.4. The molecule has 0 spiro atoms. The Morgan fingerprint density at radius 1 is 0.569 bits per heavy atom. The van der Waals surface area contributed by atoms with E-state index in [-0.39, 0.29) is 38.9 Å². The first-order valence-electron chi connectivity index (χ1n) is 19.7. The van der Waals surface area contributed by atoms with Crippen molar-refractivity contribution >= 4 is 23.3 Å². The van der Waals surface area contributed by atoms with Crippen LogP contribution in [0.25, 0.3) is 0 Å². The standard InChI is InChI=1S/C37H45NO7P2.C10H14O/c1-23(2)31-15-10-26(7)18-35(31)42-46-41-22-29-13-14-30(38(39)40)21-34(29)43-47(44-36-19-27(8)11-16-32(36)24(3)4)45-37-20-28(9)12-17-33(37)25(5)6;1-7(2)9-5-4-8(3)6-10(9)11/h10-21,23-25,46H,22H2,1-9H3;4-7,11H,1-3H3. The van der Waals surface area contributed by atoms with Crippen LogP contribution in [0.1, 0.15) is 129 Å². The summed E-state index contributed by atoms with van der Waals surface area (Å²) < 4.78 is 31.6. The number of nitro groups is 1. The van der Waals surface area contributed by atoms with Gasteiger partial charge in [0.05, 0.1) is 17.6 Å². The van der Waals surface area contributed by atoms with Gasteiger partial charge in [-0.3, -0.25) is 10.1 Å². The molecule has 0 fully saturated rings. The molecule has 9 nitrogen and oxygen atoms in total. The van der Waals surface area contributed by atoms with Crippen molar-refractivity contribution in [3.8, 4) is 28.7 Å². The normalized spacial score (nSPS) is 11.5. The lowest BCUT2D eigenvalue weighted by molar-refractivity contribution is -0.384. The van der Waals surface area contributed by atoms with E-state index in [2.05, 4.69) is 67.5 Å². The number of aromatic hydroxyl groups is 1. The molecular formula is C47H59NO8P2. The number of aryl methyl sites for hydroxylation is 4. The van der Waals surface area contributed by atoms with Crippen molar-refractivity contribution in [1.82, 2.24) is 0 Å². The van der Waals surface area contributed by atoms with E-state index in [4.69, 9.17) is 22.6 Å². The summed E-state index contributed by atoms with van der Waals surface area (Å²) in [5.41, 5.74) is 8.86. The zero-order valence-electron chi connectivity index (χ0n) is 35.9. The molecule has 0 aliphatic heterocycles. The maximum Gasteiger partial charge on any atom is 0.530 e. The van der Waals surface area contributed by atoms with E-state index in [0.717, 1.165) is 50.3 Å². The number of nitro benzene ring substituents is 1. The molecule has 0 amide bonds. The van der Waals surface area contributed by atoms with Crippen molar-refractivity contribution in [2.75, 3.05) is 0 Å². The van der Waals surface area contributed by atoms with Gasteiger partial charge in [0.2, 0.25) is 9.03 Å². The van der Waals surface area contributed by atoms with Crippen molar-refractivity contribution in [1.29, 1.82) is 0 Å². The van der Waals surface area contributed by atoms with Gasteiger partial charge in [-0.1, -0.05) is 104 Å². The Kier molecular flexibility index (Phi) is 16.9. The molecule has 0 bridgehead atoms. The van der Waals surface area contributed by atoms with Crippen molar-refractivity contribution < 1.29 is 32.6 Å². The highest BCUT2D eigenvalue weighted by atomic mass is 31.2. The smallest absolute Gasteiger partial charge is 0.508 e. The molecule has 0 saturated heterocycles. The highest BCUT2D eigenvalue weighted by Gasteiger charge is 2.27. The average molecular weight is 828 g/mol. The van der Waals surface area contributed by atoms with E-state index in [1.54, 1.807) is 12.1 Å². The molecule has 310 valence electrons. The molecular weight excluding hydrogens is 768 g/mol. The van der Waals surface area contributed by atoms with Gasteiger partial charge >= 0.3 is 8.60 Å². The monoisotopic (exact) mass is 827 g/mol. The van der Waals surface area contributed by atoms with E-state index in [9.17, 15) is 15.2 Å². The van der Waals surface area contributed by atoms with Crippen LogP contribution in [-0.2, 0) is 11.1 Å². The summed E-state index contributed by atoms with van der Waals surface area (Å²) in [6.07, 6.45) is 0. The summed E-state index contributed by atoms with van der Waals surface area (Å²) >= 11 is 0. The number of phenols is 1. The molecule has 0 radical (unpaired) electrons. The minimum atomic E-state index is -2.12. The van der Waals surface area contributed by atoms with Crippen LogP contribution in [-0.4, -0.2) is 10.0 Å². The second-order valence-corrected chi connectivity index (χ2v) is 17.5. The third kappa shape index (κ3) is 13.2. The number of hydrogen-bond acceptors (Lipinski definition) is 8. The molecule has 1 atom stereocenters. The Bertz CT molecular complexity index is 2090. The summed E-state index contributed by atoms with van der Waals surface area (Å²) in [5.74, 6) is 3.77. The van der Waals surface area contributed by atoms with Crippen LogP contribution in [0.4, 0.5) is 5.69 Å². The van der Waals surface area contributed by atoms with E-state index in [1.807, 2.05) is 82.3 Å². The Morgan fingerprint density at radius 3 is 1.43 bits per heavy atom. The Balaban J connectivity index is 0.000000583. The Morgan fingerprint density at radius 2 is 0.983 bits per heavy atom. The molecule has 0 saturated carbocycles. The van der Waals surface area contributed by atoms with Gasteiger partial charge in [-0.05, 0) is 126 Å². The molecule has 11 heteroatoms. The van der Waals surface area contributed by atoms with Gasteiger partial charge in [0.1, 0.15) is 28.7 Å². The fourth-order valence-electron chi connectivity index (χ4n) is 6.08. The van der Waals surface area contributed by atoms with Crippen LogP contribution in [0, 0.1) is 37.8 Å². The van der Waals surface area contributed by atoms with Gasteiger partial charge < -0.3 is 27.7 Å². The number of non-ortho nitro benzene ring substituents is 1. The van der Waals surface area contributed by atoms with Crippen LogP contribution in [0.2, 0.25) is 0 Å². The molecule has 0 aliphatic carbocycles. The van der Waals surface area contributed by atoms with Crippen molar-refractivity contribution in [2.45, 2.75) is 113 Å². The summed E-state index contributed by atoms with van der Waals surface area (Å²) in [4.78, 5) is 11.4. The van der Waals surface area contributed by atoms with Crippen LogP contribution in [0.3, 0.4) is 0 Å². The molecule has 0 heterocycles. The largest absolute Gasteiger partial charge is 0.530 e. The fourth-order valence-corrected chi connectivity index (χ4v) is 7.70. The predicted octanol–water partition coefficient (Wildman–Crippen LogP) is 14.6. The van der Waals surface area contributed by atoms with Gasteiger partial charge in [0.25, 0.3) is 5.69 Å². The minimum absolute atomic E-state index is 0.0984. The summed E-state index contributed by atoms with van der Waals surface area (Å²) in [6.45, 7) is 24.9. The van der Waals surface area contributed by atoms with Crippen LogP contribution in [0.5, 0.6) is 28.7 Å². The van der Waals surface area contributed by atoms with Crippen LogP contribution >= 0.6 is 17.6 Å². The predicted molar refractivity (Wildman–Crippen MR) is 238 cm³/mol. The third-order valence-corrected chi connectivity index (χ3v) is 11.0. The quantitative estimate of drug-likeness (QED) is 0.0453. The molecule has 1 unspecified atom stereocenters. The zero-order valence-corrected chi connectivity index (χ0v) is 37.8. The lowest BCUT2D eigenvalue weighted by atomic mass is 10.0. The fraction of sp³-hybridized carbons (Fsp3) is 0.362. The van der Waals surface area contributed by atoms with Gasteiger partial charge in [-0.2, -0.15) is 0 Å². The zero-order chi connectivity index (χ0) is 42.7. The van der Waals surface area contributed by atoms with Crippen molar-refractivity contribution in [3.63, 3.8) is 0 Å². The first-order chi connectivity index (χ1) is 27.4. The number of rotatable bonds is 16. The molecule has 0 aromatic heterocycles. The van der Waals surface area contributed by atoms with Gasteiger partial charge in [0.15, 0.2) is 0 Å². The van der Waals surface area contributed by atoms with Gasteiger partial charge in [-0.25, -0.2) is 0 Å². The number of nitrogens with zero attached hydrogens (tertiary/aromatic N) is 1. The van der Waals surface area contributed by atoms with E-state index in [1.165, 1.54) is 12.1 Å². The lowest BCUT2D eigenvalue weighted by Crippen LogP contribution is -2.08. The summed E-state index contributed by atoms with van der Waals surface area (Å²) in [5, 5.41) is 21.3.